The van der Waals surface area contributed by atoms with E-state index in [9.17, 15) is 4.79 Å². The fraction of sp³-hybridized carbons (Fsp3) is 0.0625. The Kier molecular flexibility index (Phi) is 4.18. The van der Waals surface area contributed by atoms with Crippen molar-refractivity contribution < 1.29 is 9.53 Å². The minimum absolute atomic E-state index is 0.363. The smallest absolute Gasteiger partial charge is 0.324 e. The van der Waals surface area contributed by atoms with Crippen LogP contribution in [0, 0.1) is 0 Å². The average molecular weight is 333 g/mol. The van der Waals surface area contributed by atoms with E-state index in [1.807, 2.05) is 36.4 Å². The van der Waals surface area contributed by atoms with Crippen LogP contribution in [0.3, 0.4) is 0 Å². The van der Waals surface area contributed by atoms with Crippen LogP contribution in [0.5, 0.6) is 5.75 Å². The van der Waals surface area contributed by atoms with Gasteiger partial charge in [-0.3, -0.25) is 5.32 Å². The van der Waals surface area contributed by atoms with Crippen LogP contribution in [0.15, 0.2) is 48.5 Å². The molecule has 22 heavy (non-hydrogen) atoms. The standard InChI is InChI=1S/C16H13ClN2O2S/c1-21-12-8-4-3-7-11(12)18-16(20)19-15-14(17)10-6-2-5-9-13(10)22-15/h2-9H,1H3,(H2,18,19,20). The molecule has 0 bridgehead atoms. The predicted molar refractivity (Wildman–Crippen MR) is 92.5 cm³/mol. The fourth-order valence-corrected chi connectivity index (χ4v) is 3.47. The Morgan fingerprint density at radius 2 is 1.82 bits per heavy atom. The van der Waals surface area contributed by atoms with Crippen molar-refractivity contribution in [1.82, 2.24) is 0 Å². The number of thiophene rings is 1. The summed E-state index contributed by atoms with van der Waals surface area (Å²) in [4.78, 5) is 12.1. The number of benzene rings is 2. The molecule has 1 heterocycles. The highest BCUT2D eigenvalue weighted by Gasteiger charge is 2.13. The zero-order chi connectivity index (χ0) is 15.5. The highest BCUT2D eigenvalue weighted by atomic mass is 35.5. The summed E-state index contributed by atoms with van der Waals surface area (Å²) in [6.07, 6.45) is 0. The van der Waals surface area contributed by atoms with Crippen molar-refractivity contribution in [1.29, 1.82) is 0 Å². The number of para-hydroxylation sites is 2. The summed E-state index contributed by atoms with van der Waals surface area (Å²) in [5.41, 5.74) is 0.597. The molecular weight excluding hydrogens is 320 g/mol. The Morgan fingerprint density at radius 1 is 1.09 bits per heavy atom. The zero-order valence-electron chi connectivity index (χ0n) is 11.7. The molecular formula is C16H13ClN2O2S. The summed E-state index contributed by atoms with van der Waals surface area (Å²) >= 11 is 7.74. The molecule has 2 amide bonds. The van der Waals surface area contributed by atoms with E-state index < -0.39 is 0 Å². The number of methoxy groups -OCH3 is 1. The van der Waals surface area contributed by atoms with Gasteiger partial charge in [0.15, 0.2) is 0 Å². The van der Waals surface area contributed by atoms with E-state index >= 15 is 0 Å². The Hall–Kier alpha value is -2.24. The molecule has 0 aliphatic heterocycles. The number of anilines is 2. The molecule has 0 spiro atoms. The van der Waals surface area contributed by atoms with Crippen molar-refractivity contribution in [2.24, 2.45) is 0 Å². The van der Waals surface area contributed by atoms with E-state index in [-0.39, 0.29) is 6.03 Å². The summed E-state index contributed by atoms with van der Waals surface area (Å²) in [5, 5.41) is 7.64. The molecule has 2 N–H and O–H groups in total. The SMILES string of the molecule is COc1ccccc1NC(=O)Nc1sc2ccccc2c1Cl. The predicted octanol–water partition coefficient (Wildman–Crippen LogP) is 5.21. The summed E-state index contributed by atoms with van der Waals surface area (Å²) in [5.74, 6) is 0.597. The second-order valence-electron chi connectivity index (χ2n) is 4.52. The van der Waals surface area contributed by atoms with E-state index in [1.54, 1.807) is 19.2 Å². The zero-order valence-corrected chi connectivity index (χ0v) is 13.3. The van der Waals surface area contributed by atoms with Crippen LogP contribution in [-0.4, -0.2) is 13.1 Å². The minimum atomic E-state index is -0.363. The second kappa shape index (κ2) is 6.25. The van der Waals surface area contributed by atoms with Crippen molar-refractivity contribution in [3.8, 4) is 5.75 Å². The first kappa shape index (κ1) is 14.7. The molecule has 3 aromatic rings. The van der Waals surface area contributed by atoms with Gasteiger partial charge in [-0.15, -0.1) is 11.3 Å². The summed E-state index contributed by atoms with van der Waals surface area (Å²) < 4.78 is 6.23. The van der Waals surface area contributed by atoms with Crippen LogP contribution < -0.4 is 15.4 Å². The van der Waals surface area contributed by atoms with E-state index in [0.29, 0.717) is 21.5 Å². The van der Waals surface area contributed by atoms with Crippen LogP contribution in [0.2, 0.25) is 5.02 Å². The van der Waals surface area contributed by atoms with Gasteiger partial charge in [-0.1, -0.05) is 41.9 Å². The Bertz CT molecular complexity index is 832. The van der Waals surface area contributed by atoms with Crippen molar-refractivity contribution in [2.45, 2.75) is 0 Å². The lowest BCUT2D eigenvalue weighted by Gasteiger charge is -2.10. The van der Waals surface area contributed by atoms with Gasteiger partial charge in [0.25, 0.3) is 0 Å². The number of urea groups is 1. The number of ether oxygens (including phenoxy) is 1. The number of amides is 2. The number of fused-ring (bicyclic) bond motifs is 1. The van der Waals surface area contributed by atoms with E-state index in [1.165, 1.54) is 11.3 Å². The molecule has 0 aliphatic rings. The van der Waals surface area contributed by atoms with Crippen LogP contribution in [0.1, 0.15) is 0 Å². The highest BCUT2D eigenvalue weighted by molar-refractivity contribution is 7.23. The summed E-state index contributed by atoms with van der Waals surface area (Å²) in [6, 6.07) is 14.6. The number of halogens is 1. The number of carbonyl (C=O) groups is 1. The maximum atomic E-state index is 12.1. The highest BCUT2D eigenvalue weighted by Crippen LogP contribution is 2.39. The number of nitrogens with one attached hydrogen (secondary N) is 2. The van der Waals surface area contributed by atoms with Crippen molar-refractivity contribution >= 4 is 49.7 Å². The molecule has 1 aromatic heterocycles. The number of hydrogen-bond donors (Lipinski definition) is 2. The third-order valence-corrected chi connectivity index (χ3v) is 4.71. The van der Waals surface area contributed by atoms with Crippen molar-refractivity contribution in [3.05, 3.63) is 53.6 Å². The molecule has 112 valence electrons. The van der Waals surface area contributed by atoms with Gasteiger partial charge in [-0.25, -0.2) is 4.79 Å². The van der Waals surface area contributed by atoms with E-state index in [4.69, 9.17) is 16.3 Å². The molecule has 0 aliphatic carbocycles. The quantitative estimate of drug-likeness (QED) is 0.692. The van der Waals surface area contributed by atoms with Crippen LogP contribution in [0.25, 0.3) is 10.1 Å². The number of carbonyl (C=O) groups excluding carboxylic acids is 1. The first-order valence-electron chi connectivity index (χ1n) is 6.57. The molecule has 0 saturated carbocycles. The average Bonchev–Trinajstić information content (AvgIpc) is 2.84. The second-order valence-corrected chi connectivity index (χ2v) is 5.95. The van der Waals surface area contributed by atoms with Gasteiger partial charge in [0.05, 0.1) is 17.8 Å². The van der Waals surface area contributed by atoms with Gasteiger partial charge in [-0.2, -0.15) is 0 Å². The number of rotatable bonds is 3. The third kappa shape index (κ3) is 2.86. The summed E-state index contributed by atoms with van der Waals surface area (Å²) in [6.45, 7) is 0. The first-order chi connectivity index (χ1) is 10.7. The molecule has 6 heteroatoms. The van der Waals surface area contributed by atoms with Crippen molar-refractivity contribution in [2.75, 3.05) is 17.7 Å². The minimum Gasteiger partial charge on any atom is -0.495 e. The maximum Gasteiger partial charge on any atom is 0.324 e. The molecule has 3 rings (SSSR count). The van der Waals surface area contributed by atoms with Gasteiger partial charge >= 0.3 is 6.03 Å². The monoisotopic (exact) mass is 332 g/mol. The topological polar surface area (TPSA) is 50.4 Å². The van der Waals surface area contributed by atoms with Gasteiger partial charge in [0.1, 0.15) is 10.8 Å². The van der Waals surface area contributed by atoms with Crippen LogP contribution >= 0.6 is 22.9 Å². The Balaban J connectivity index is 1.80. The molecule has 0 atom stereocenters. The largest absolute Gasteiger partial charge is 0.495 e. The summed E-state index contributed by atoms with van der Waals surface area (Å²) in [7, 11) is 1.56. The van der Waals surface area contributed by atoms with Crippen LogP contribution in [-0.2, 0) is 0 Å². The lowest BCUT2D eigenvalue weighted by atomic mass is 10.3. The van der Waals surface area contributed by atoms with E-state index in [0.717, 1.165) is 10.1 Å². The Labute approximate surface area is 136 Å². The lowest BCUT2D eigenvalue weighted by molar-refractivity contribution is 0.262. The number of hydrogen-bond acceptors (Lipinski definition) is 3. The van der Waals surface area contributed by atoms with Gasteiger partial charge in [0, 0.05) is 10.1 Å². The molecule has 0 unspecified atom stereocenters. The van der Waals surface area contributed by atoms with Gasteiger partial charge < -0.3 is 10.1 Å². The maximum absolute atomic E-state index is 12.1. The van der Waals surface area contributed by atoms with Crippen LogP contribution in [0.4, 0.5) is 15.5 Å². The van der Waals surface area contributed by atoms with Gasteiger partial charge in [-0.05, 0) is 18.2 Å². The lowest BCUT2D eigenvalue weighted by Crippen LogP contribution is -2.19. The molecule has 4 nitrogen and oxygen atoms in total. The molecule has 0 radical (unpaired) electrons. The fourth-order valence-electron chi connectivity index (χ4n) is 2.10. The Morgan fingerprint density at radius 3 is 2.59 bits per heavy atom. The van der Waals surface area contributed by atoms with Crippen molar-refractivity contribution in [3.63, 3.8) is 0 Å². The van der Waals surface area contributed by atoms with Gasteiger partial charge in [0.2, 0.25) is 0 Å². The first-order valence-corrected chi connectivity index (χ1v) is 7.76. The molecule has 0 fully saturated rings. The van der Waals surface area contributed by atoms with E-state index in [2.05, 4.69) is 10.6 Å². The third-order valence-electron chi connectivity index (χ3n) is 3.12. The molecule has 0 saturated heterocycles. The molecule has 2 aromatic carbocycles. The normalized spacial score (nSPS) is 10.5.